The van der Waals surface area contributed by atoms with E-state index < -0.39 is 0 Å². The van der Waals surface area contributed by atoms with E-state index in [-0.39, 0.29) is 0 Å². The lowest BCUT2D eigenvalue weighted by Gasteiger charge is -2.53. The normalized spacial score (nSPS) is 46.8. The number of fused-ring (bicyclic) bond motifs is 1. The summed E-state index contributed by atoms with van der Waals surface area (Å²) in [5, 5.41) is 3.40. The number of hydrogen-bond donors (Lipinski definition) is 1. The molecule has 0 saturated heterocycles. The molecule has 2 heterocycles. The van der Waals surface area contributed by atoms with Crippen LogP contribution in [-0.2, 0) is 6.54 Å². The van der Waals surface area contributed by atoms with E-state index in [1.165, 1.54) is 37.8 Å². The summed E-state index contributed by atoms with van der Waals surface area (Å²) < 4.78 is 6.19. The lowest BCUT2D eigenvalue weighted by atomic mass is 9.52. The SMILES string of the molecule is CC1NCc2nc(C3C4CC5CC(C4)CC3C5)oc21. The molecule has 4 saturated carbocycles. The molecular weight excluding hydrogens is 236 g/mol. The Kier molecular flexibility index (Phi) is 2.08. The molecule has 0 spiro atoms. The van der Waals surface area contributed by atoms with Gasteiger partial charge in [-0.05, 0) is 62.7 Å². The molecule has 3 nitrogen and oxygen atoms in total. The number of aromatic nitrogens is 1. The molecule has 1 aromatic rings. The quantitative estimate of drug-likeness (QED) is 0.839. The van der Waals surface area contributed by atoms with Gasteiger partial charge < -0.3 is 9.73 Å². The van der Waals surface area contributed by atoms with E-state index in [0.29, 0.717) is 12.0 Å². The Bertz CT molecular complexity index is 493. The molecule has 0 radical (unpaired) electrons. The van der Waals surface area contributed by atoms with E-state index >= 15 is 0 Å². The highest BCUT2D eigenvalue weighted by molar-refractivity contribution is 5.21. The van der Waals surface area contributed by atoms with Gasteiger partial charge >= 0.3 is 0 Å². The monoisotopic (exact) mass is 258 g/mol. The zero-order valence-electron chi connectivity index (χ0n) is 11.6. The smallest absolute Gasteiger partial charge is 0.198 e. The van der Waals surface area contributed by atoms with Crippen LogP contribution in [0, 0.1) is 23.7 Å². The summed E-state index contributed by atoms with van der Waals surface area (Å²) in [6.07, 6.45) is 7.29. The van der Waals surface area contributed by atoms with Crippen molar-refractivity contribution in [3.8, 4) is 0 Å². The topological polar surface area (TPSA) is 38.1 Å². The van der Waals surface area contributed by atoms with Crippen molar-refractivity contribution in [2.45, 2.75) is 57.5 Å². The molecule has 0 amide bonds. The van der Waals surface area contributed by atoms with Gasteiger partial charge in [-0.25, -0.2) is 4.98 Å². The Hall–Kier alpha value is -0.830. The zero-order valence-corrected chi connectivity index (χ0v) is 11.6. The highest BCUT2D eigenvalue weighted by atomic mass is 16.4. The number of nitrogens with zero attached hydrogens (tertiary/aromatic N) is 1. The van der Waals surface area contributed by atoms with Gasteiger partial charge in [-0.3, -0.25) is 0 Å². The van der Waals surface area contributed by atoms with Crippen molar-refractivity contribution in [1.82, 2.24) is 10.3 Å². The molecule has 5 aliphatic rings. The van der Waals surface area contributed by atoms with E-state index in [2.05, 4.69) is 12.2 Å². The second-order valence-corrected chi connectivity index (χ2v) is 7.42. The van der Waals surface area contributed by atoms with Crippen LogP contribution in [0.2, 0.25) is 0 Å². The van der Waals surface area contributed by atoms with Crippen molar-refractivity contribution in [1.29, 1.82) is 0 Å². The van der Waals surface area contributed by atoms with Gasteiger partial charge in [0.2, 0.25) is 0 Å². The number of nitrogens with one attached hydrogen (secondary N) is 1. The lowest BCUT2D eigenvalue weighted by Crippen LogP contribution is -2.43. The van der Waals surface area contributed by atoms with Crippen molar-refractivity contribution < 1.29 is 4.42 Å². The molecule has 4 bridgehead atoms. The molecule has 1 atom stereocenters. The fourth-order valence-corrected chi connectivity index (χ4v) is 5.66. The lowest BCUT2D eigenvalue weighted by molar-refractivity contribution is -0.0119. The van der Waals surface area contributed by atoms with Gasteiger partial charge in [0.05, 0.1) is 11.7 Å². The minimum absolute atomic E-state index is 0.355. The van der Waals surface area contributed by atoms with E-state index in [1.54, 1.807) is 0 Å². The Labute approximate surface area is 114 Å². The molecule has 1 unspecified atom stereocenters. The molecule has 102 valence electrons. The maximum atomic E-state index is 6.19. The van der Waals surface area contributed by atoms with Gasteiger partial charge in [-0.2, -0.15) is 0 Å². The van der Waals surface area contributed by atoms with Gasteiger partial charge in [-0.1, -0.05) is 0 Å². The summed E-state index contributed by atoms with van der Waals surface area (Å²) in [5.41, 5.74) is 1.18. The maximum Gasteiger partial charge on any atom is 0.198 e. The number of rotatable bonds is 1. The molecule has 4 fully saturated rings. The Balaban J connectivity index is 1.51. The Morgan fingerprint density at radius 3 is 2.37 bits per heavy atom. The maximum absolute atomic E-state index is 6.19. The second kappa shape index (κ2) is 3.63. The number of hydrogen-bond acceptors (Lipinski definition) is 3. The van der Waals surface area contributed by atoms with Crippen molar-refractivity contribution in [2.75, 3.05) is 0 Å². The zero-order chi connectivity index (χ0) is 12.6. The van der Waals surface area contributed by atoms with E-state index in [9.17, 15) is 0 Å². The predicted octanol–water partition coefficient (Wildman–Crippen LogP) is 3.38. The van der Waals surface area contributed by atoms with Crippen molar-refractivity contribution >= 4 is 0 Å². The standard InChI is InChI=1S/C16H22N2O/c1-8-15-13(7-17-8)18-16(19-15)14-11-3-9-2-10(5-11)6-12(14)4-9/h8-12,14,17H,2-7H2,1H3. The van der Waals surface area contributed by atoms with Crippen LogP contribution in [0.15, 0.2) is 4.42 Å². The van der Waals surface area contributed by atoms with Crippen molar-refractivity contribution in [3.63, 3.8) is 0 Å². The molecule has 4 aliphatic carbocycles. The third-order valence-corrected chi connectivity index (χ3v) is 6.22. The fraction of sp³-hybridized carbons (Fsp3) is 0.812. The van der Waals surface area contributed by atoms with Crippen LogP contribution in [0.5, 0.6) is 0 Å². The van der Waals surface area contributed by atoms with Crippen molar-refractivity contribution in [2.24, 2.45) is 23.7 Å². The highest BCUT2D eigenvalue weighted by Crippen LogP contribution is 2.59. The first-order chi connectivity index (χ1) is 9.28. The van der Waals surface area contributed by atoms with Gasteiger partial charge in [0.25, 0.3) is 0 Å². The highest BCUT2D eigenvalue weighted by Gasteiger charge is 2.50. The first kappa shape index (κ1) is 10.9. The minimum Gasteiger partial charge on any atom is -0.443 e. The first-order valence-electron chi connectivity index (χ1n) is 8.01. The van der Waals surface area contributed by atoms with E-state index in [0.717, 1.165) is 41.9 Å². The Morgan fingerprint density at radius 1 is 1.05 bits per heavy atom. The molecule has 1 aromatic heterocycles. The summed E-state index contributed by atoms with van der Waals surface area (Å²) >= 11 is 0. The van der Waals surface area contributed by atoms with Crippen LogP contribution in [0.4, 0.5) is 0 Å². The first-order valence-corrected chi connectivity index (χ1v) is 8.01. The van der Waals surface area contributed by atoms with Gasteiger partial charge in [0.15, 0.2) is 5.89 Å². The van der Waals surface area contributed by atoms with E-state index in [4.69, 9.17) is 9.40 Å². The minimum atomic E-state index is 0.355. The fourth-order valence-electron chi connectivity index (χ4n) is 5.66. The molecule has 0 aromatic carbocycles. The molecule has 19 heavy (non-hydrogen) atoms. The summed E-state index contributed by atoms with van der Waals surface area (Å²) in [7, 11) is 0. The average Bonchev–Trinajstić information content (AvgIpc) is 2.91. The van der Waals surface area contributed by atoms with Gasteiger partial charge in [0, 0.05) is 12.5 Å². The molecule has 1 N–H and O–H groups in total. The second-order valence-electron chi connectivity index (χ2n) is 7.42. The Morgan fingerprint density at radius 2 is 1.74 bits per heavy atom. The summed E-state index contributed by atoms with van der Waals surface area (Å²) in [6.45, 7) is 3.07. The summed E-state index contributed by atoms with van der Waals surface area (Å²) in [5.74, 6) is 6.65. The van der Waals surface area contributed by atoms with Crippen LogP contribution in [0.1, 0.15) is 68.3 Å². The van der Waals surface area contributed by atoms with Gasteiger partial charge in [0.1, 0.15) is 5.76 Å². The van der Waals surface area contributed by atoms with Gasteiger partial charge in [-0.15, -0.1) is 0 Å². The largest absolute Gasteiger partial charge is 0.443 e. The van der Waals surface area contributed by atoms with Crippen LogP contribution >= 0.6 is 0 Å². The summed E-state index contributed by atoms with van der Waals surface area (Å²) in [4.78, 5) is 4.86. The van der Waals surface area contributed by atoms with Crippen molar-refractivity contribution in [3.05, 3.63) is 17.3 Å². The number of oxazole rings is 1. The third-order valence-electron chi connectivity index (χ3n) is 6.22. The van der Waals surface area contributed by atoms with Crippen LogP contribution in [0.3, 0.4) is 0 Å². The van der Waals surface area contributed by atoms with Crippen LogP contribution in [0.25, 0.3) is 0 Å². The molecule has 1 aliphatic heterocycles. The van der Waals surface area contributed by atoms with Crippen LogP contribution in [-0.4, -0.2) is 4.98 Å². The van der Waals surface area contributed by atoms with E-state index in [1.807, 2.05) is 0 Å². The average molecular weight is 258 g/mol. The summed E-state index contributed by atoms with van der Waals surface area (Å²) in [6, 6.07) is 0.355. The molecule has 6 rings (SSSR count). The molecule has 3 heteroatoms. The van der Waals surface area contributed by atoms with Crippen LogP contribution < -0.4 is 5.32 Å². The third kappa shape index (κ3) is 1.45. The molecular formula is C16H22N2O. The predicted molar refractivity (Wildman–Crippen MR) is 71.5 cm³/mol.